The molecule has 2 aromatic rings. The highest BCUT2D eigenvalue weighted by Gasteiger charge is 2.44. The first-order valence-electron chi connectivity index (χ1n) is 7.68. The maximum Gasteiger partial charge on any atom is 0.313 e. The van der Waals surface area contributed by atoms with Crippen LogP contribution in [0.3, 0.4) is 0 Å². The molecule has 0 saturated heterocycles. The summed E-state index contributed by atoms with van der Waals surface area (Å²) in [5.74, 6) is -0.129. The van der Waals surface area contributed by atoms with E-state index in [9.17, 15) is 9.59 Å². The topological polar surface area (TPSA) is 76.7 Å². The summed E-state index contributed by atoms with van der Waals surface area (Å²) in [6, 6.07) is 7.09. The van der Waals surface area contributed by atoms with E-state index >= 15 is 0 Å². The molecule has 1 aliphatic heterocycles. The molecule has 7 heteroatoms. The number of anilines is 1. The molecular weight excluding hydrogens is 328 g/mol. The summed E-state index contributed by atoms with van der Waals surface area (Å²) in [6.45, 7) is 0.648. The fraction of sp³-hybridized carbons (Fsp3) is 0.294. The van der Waals surface area contributed by atoms with Gasteiger partial charge in [0, 0.05) is 23.7 Å². The number of benzene rings is 1. The first-order valence-corrected chi connectivity index (χ1v) is 8.62. The Morgan fingerprint density at radius 3 is 2.71 bits per heavy atom. The van der Waals surface area contributed by atoms with Crippen molar-refractivity contribution in [2.75, 3.05) is 18.7 Å². The maximum atomic E-state index is 12.0. The van der Waals surface area contributed by atoms with Crippen molar-refractivity contribution in [1.29, 1.82) is 0 Å². The summed E-state index contributed by atoms with van der Waals surface area (Å²) >= 11 is 1.64. The molecular formula is C17H16N2O4S. The molecule has 2 N–H and O–H groups in total. The molecule has 1 aromatic carbocycles. The Bertz CT molecular complexity index is 784. The smallest absolute Gasteiger partial charge is 0.313 e. The summed E-state index contributed by atoms with van der Waals surface area (Å²) in [5.41, 5.74) is 1.75. The van der Waals surface area contributed by atoms with Crippen molar-refractivity contribution in [2.45, 2.75) is 18.3 Å². The van der Waals surface area contributed by atoms with Gasteiger partial charge in [-0.25, -0.2) is 0 Å². The van der Waals surface area contributed by atoms with Crippen LogP contribution in [0.1, 0.15) is 18.4 Å². The van der Waals surface area contributed by atoms with Gasteiger partial charge in [-0.15, -0.1) is 0 Å². The third kappa shape index (κ3) is 2.82. The lowest BCUT2D eigenvalue weighted by molar-refractivity contribution is -0.136. The van der Waals surface area contributed by atoms with Gasteiger partial charge in [0.15, 0.2) is 11.5 Å². The Morgan fingerprint density at radius 2 is 1.96 bits per heavy atom. The van der Waals surface area contributed by atoms with Gasteiger partial charge in [-0.2, -0.15) is 11.3 Å². The van der Waals surface area contributed by atoms with Gasteiger partial charge in [-0.3, -0.25) is 9.59 Å². The van der Waals surface area contributed by atoms with Gasteiger partial charge in [0.1, 0.15) is 0 Å². The highest BCUT2D eigenvalue weighted by Crippen LogP contribution is 2.48. The van der Waals surface area contributed by atoms with Crippen molar-refractivity contribution in [3.05, 3.63) is 40.6 Å². The van der Waals surface area contributed by atoms with Crippen LogP contribution >= 0.6 is 11.3 Å². The second-order valence-corrected chi connectivity index (χ2v) is 6.78. The molecule has 0 atom stereocenters. The Labute approximate surface area is 142 Å². The van der Waals surface area contributed by atoms with Gasteiger partial charge < -0.3 is 20.1 Å². The molecule has 6 nitrogen and oxygen atoms in total. The largest absolute Gasteiger partial charge is 0.454 e. The molecule has 2 heterocycles. The number of hydrogen-bond donors (Lipinski definition) is 2. The summed E-state index contributed by atoms with van der Waals surface area (Å²) in [6.07, 6.45) is 2.07. The third-order valence-corrected chi connectivity index (χ3v) is 5.09. The zero-order valence-corrected chi connectivity index (χ0v) is 13.7. The lowest BCUT2D eigenvalue weighted by atomic mass is 9.99. The molecule has 1 saturated carbocycles. The van der Waals surface area contributed by atoms with Gasteiger partial charge >= 0.3 is 11.8 Å². The summed E-state index contributed by atoms with van der Waals surface area (Å²) in [7, 11) is 0. The fourth-order valence-electron chi connectivity index (χ4n) is 2.78. The average Bonchev–Trinajstić information content (AvgIpc) is 3.02. The van der Waals surface area contributed by atoms with Crippen LogP contribution < -0.4 is 20.1 Å². The number of carbonyl (C=O) groups is 2. The van der Waals surface area contributed by atoms with Gasteiger partial charge in [0.05, 0.1) is 0 Å². The number of carbonyl (C=O) groups excluding carboxylic acids is 2. The number of nitrogens with one attached hydrogen (secondary N) is 2. The molecule has 0 radical (unpaired) electrons. The van der Waals surface area contributed by atoms with Crippen LogP contribution in [0, 0.1) is 0 Å². The van der Waals surface area contributed by atoms with Crippen LogP contribution in [-0.4, -0.2) is 25.2 Å². The zero-order chi connectivity index (χ0) is 16.6. The van der Waals surface area contributed by atoms with Crippen molar-refractivity contribution in [1.82, 2.24) is 5.32 Å². The van der Waals surface area contributed by atoms with E-state index in [1.807, 2.05) is 5.38 Å². The first-order chi connectivity index (χ1) is 11.7. The van der Waals surface area contributed by atoms with Gasteiger partial charge in [-0.1, -0.05) is 0 Å². The highest BCUT2D eigenvalue weighted by molar-refractivity contribution is 7.08. The Morgan fingerprint density at radius 1 is 1.12 bits per heavy atom. The van der Waals surface area contributed by atoms with Crippen LogP contribution in [0.25, 0.3) is 0 Å². The monoisotopic (exact) mass is 344 g/mol. The van der Waals surface area contributed by atoms with E-state index in [0.29, 0.717) is 23.7 Å². The molecule has 0 bridgehead atoms. The maximum absolute atomic E-state index is 12.0. The highest BCUT2D eigenvalue weighted by atomic mass is 32.1. The minimum atomic E-state index is -0.685. The van der Waals surface area contributed by atoms with E-state index in [4.69, 9.17) is 9.47 Å². The zero-order valence-electron chi connectivity index (χ0n) is 12.8. The predicted molar refractivity (Wildman–Crippen MR) is 89.4 cm³/mol. The molecule has 1 fully saturated rings. The van der Waals surface area contributed by atoms with Crippen molar-refractivity contribution in [2.24, 2.45) is 0 Å². The number of thiophene rings is 1. The summed E-state index contributed by atoms with van der Waals surface area (Å²) in [4.78, 5) is 24.1. The van der Waals surface area contributed by atoms with Crippen LogP contribution in [-0.2, 0) is 15.0 Å². The average molecular weight is 344 g/mol. The normalized spacial score (nSPS) is 16.5. The summed E-state index contributed by atoms with van der Waals surface area (Å²) in [5, 5.41) is 9.46. The van der Waals surface area contributed by atoms with Gasteiger partial charge in [-0.05, 0) is 47.4 Å². The van der Waals surface area contributed by atoms with E-state index in [0.717, 1.165) is 12.8 Å². The molecule has 0 spiro atoms. The SMILES string of the molecule is O=C(NCC1(c2ccsc2)CC1)C(=O)Nc1ccc2c(c1)OCO2. The Balaban J connectivity index is 1.34. The van der Waals surface area contributed by atoms with E-state index in [2.05, 4.69) is 22.1 Å². The van der Waals surface area contributed by atoms with Crippen molar-refractivity contribution >= 4 is 28.8 Å². The molecule has 4 rings (SSSR count). The lowest BCUT2D eigenvalue weighted by Crippen LogP contribution is -2.39. The quantitative estimate of drug-likeness (QED) is 0.834. The number of hydrogen-bond acceptors (Lipinski definition) is 5. The number of rotatable bonds is 4. The molecule has 2 amide bonds. The third-order valence-electron chi connectivity index (χ3n) is 4.41. The van der Waals surface area contributed by atoms with E-state index in [1.165, 1.54) is 5.56 Å². The van der Waals surface area contributed by atoms with Crippen molar-refractivity contribution in [3.8, 4) is 11.5 Å². The minimum absolute atomic E-state index is 0.00862. The standard InChI is InChI=1S/C17H16N2O4S/c20-15(18-9-17(4-5-17)11-3-6-24-8-11)16(21)19-12-1-2-13-14(7-12)23-10-22-13/h1-3,6-8H,4-5,9-10H2,(H,18,20)(H,19,21). The van der Waals surface area contributed by atoms with E-state index in [-0.39, 0.29) is 12.2 Å². The van der Waals surface area contributed by atoms with Crippen LogP contribution in [0.5, 0.6) is 11.5 Å². The minimum Gasteiger partial charge on any atom is -0.454 e. The van der Waals surface area contributed by atoms with Crippen LogP contribution in [0.4, 0.5) is 5.69 Å². The first kappa shape index (κ1) is 15.0. The second kappa shape index (κ2) is 5.83. The van der Waals surface area contributed by atoms with Gasteiger partial charge in [0.25, 0.3) is 0 Å². The number of ether oxygens (including phenoxy) is 2. The second-order valence-electron chi connectivity index (χ2n) is 6.00. The van der Waals surface area contributed by atoms with E-state index < -0.39 is 11.8 Å². The van der Waals surface area contributed by atoms with Crippen molar-refractivity contribution in [3.63, 3.8) is 0 Å². The molecule has 24 heavy (non-hydrogen) atoms. The molecule has 124 valence electrons. The van der Waals surface area contributed by atoms with Gasteiger partial charge in [0.2, 0.25) is 6.79 Å². The summed E-state index contributed by atoms with van der Waals surface area (Å²) < 4.78 is 10.5. The number of fused-ring (bicyclic) bond motifs is 1. The Kier molecular flexibility index (Phi) is 3.65. The molecule has 0 unspecified atom stereocenters. The molecule has 2 aliphatic rings. The Hall–Kier alpha value is -2.54. The lowest BCUT2D eigenvalue weighted by Gasteiger charge is -2.14. The number of amides is 2. The van der Waals surface area contributed by atoms with Crippen molar-refractivity contribution < 1.29 is 19.1 Å². The molecule has 1 aromatic heterocycles. The van der Waals surface area contributed by atoms with Crippen LogP contribution in [0.2, 0.25) is 0 Å². The van der Waals surface area contributed by atoms with Crippen LogP contribution in [0.15, 0.2) is 35.0 Å². The van der Waals surface area contributed by atoms with E-state index in [1.54, 1.807) is 29.5 Å². The fourth-order valence-corrected chi connectivity index (χ4v) is 3.56. The predicted octanol–water partition coefficient (Wildman–Crippen LogP) is 2.26. The molecule has 1 aliphatic carbocycles.